The number of amides is 1. The Labute approximate surface area is 115 Å². The van der Waals surface area contributed by atoms with Crippen LogP contribution in [0, 0.1) is 19.8 Å². The Bertz CT molecular complexity index is 457. The summed E-state index contributed by atoms with van der Waals surface area (Å²) in [5.41, 5.74) is 2.54. The molecule has 1 N–H and O–H groups in total. The minimum atomic E-state index is 0.130. The maximum absolute atomic E-state index is 12.5. The number of carbonyl (C=O) groups excluding carboxylic acids is 1. The number of hydrogen-bond acceptors (Lipinski definition) is 3. The topological polar surface area (TPSA) is 45.2 Å². The van der Waals surface area contributed by atoms with Gasteiger partial charge < -0.3 is 10.2 Å². The predicted octanol–water partition coefficient (Wildman–Crippen LogP) is 1.77. The van der Waals surface area contributed by atoms with Gasteiger partial charge in [0, 0.05) is 18.8 Å². The Balaban J connectivity index is 2.10. The molecular formula is C15H23N3O. The number of pyridine rings is 1. The van der Waals surface area contributed by atoms with Crippen molar-refractivity contribution in [1.29, 1.82) is 0 Å². The molecular weight excluding hydrogens is 238 g/mol. The molecule has 0 saturated carbocycles. The number of aryl methyl sites for hydroxylation is 2. The molecule has 4 nitrogen and oxygen atoms in total. The molecule has 1 atom stereocenters. The van der Waals surface area contributed by atoms with Gasteiger partial charge >= 0.3 is 0 Å². The van der Waals surface area contributed by atoms with E-state index in [9.17, 15) is 4.79 Å². The van der Waals surface area contributed by atoms with Crippen molar-refractivity contribution >= 4 is 5.91 Å². The first kappa shape index (κ1) is 14.0. The fraction of sp³-hybridized carbons (Fsp3) is 0.600. The molecule has 104 valence electrons. The first-order chi connectivity index (χ1) is 9.11. The van der Waals surface area contributed by atoms with Gasteiger partial charge in [-0.25, -0.2) is 0 Å². The number of aromatic nitrogens is 1. The molecule has 0 bridgehead atoms. The van der Waals surface area contributed by atoms with Gasteiger partial charge in [0.2, 0.25) is 0 Å². The first-order valence-electron chi connectivity index (χ1n) is 7.00. The van der Waals surface area contributed by atoms with Gasteiger partial charge in [-0.05, 0) is 58.3 Å². The van der Waals surface area contributed by atoms with E-state index in [1.807, 2.05) is 37.9 Å². The van der Waals surface area contributed by atoms with Gasteiger partial charge in [0.1, 0.15) is 0 Å². The smallest absolute Gasteiger partial charge is 0.255 e. The van der Waals surface area contributed by atoms with E-state index in [1.165, 1.54) is 6.42 Å². The zero-order chi connectivity index (χ0) is 13.8. The molecule has 2 rings (SSSR count). The van der Waals surface area contributed by atoms with Crippen molar-refractivity contribution in [2.45, 2.75) is 26.7 Å². The standard InChI is InChI=1S/C15H23N3O/c1-11-6-7-14(12(2)17-11)15(19)18-8-4-5-13(10-18)9-16-3/h6-7,13,16H,4-5,8-10H2,1-3H3. The van der Waals surface area contributed by atoms with Crippen molar-refractivity contribution in [3.8, 4) is 0 Å². The van der Waals surface area contributed by atoms with Gasteiger partial charge in [0.25, 0.3) is 5.91 Å². The van der Waals surface area contributed by atoms with Crippen molar-refractivity contribution in [2.75, 3.05) is 26.7 Å². The number of likely N-dealkylation sites (tertiary alicyclic amines) is 1. The van der Waals surface area contributed by atoms with Gasteiger partial charge in [-0.15, -0.1) is 0 Å². The Kier molecular flexibility index (Phi) is 4.53. The summed E-state index contributed by atoms with van der Waals surface area (Å²) in [7, 11) is 1.97. The molecule has 1 unspecified atom stereocenters. The summed E-state index contributed by atoms with van der Waals surface area (Å²) in [5.74, 6) is 0.701. The molecule has 1 saturated heterocycles. The summed E-state index contributed by atoms with van der Waals surface area (Å²) in [5, 5.41) is 3.21. The minimum Gasteiger partial charge on any atom is -0.338 e. The Hall–Kier alpha value is -1.42. The zero-order valence-corrected chi connectivity index (χ0v) is 12.1. The van der Waals surface area contributed by atoms with Gasteiger partial charge in [0.05, 0.1) is 11.3 Å². The molecule has 4 heteroatoms. The van der Waals surface area contributed by atoms with E-state index in [1.54, 1.807) is 0 Å². The fourth-order valence-corrected chi connectivity index (χ4v) is 2.79. The highest BCUT2D eigenvalue weighted by molar-refractivity contribution is 5.95. The van der Waals surface area contributed by atoms with Crippen LogP contribution < -0.4 is 5.32 Å². The molecule has 1 fully saturated rings. The maximum Gasteiger partial charge on any atom is 0.255 e. The molecule has 0 spiro atoms. The van der Waals surface area contributed by atoms with Crippen LogP contribution in [0.5, 0.6) is 0 Å². The third-order valence-corrected chi connectivity index (χ3v) is 3.75. The summed E-state index contributed by atoms with van der Waals surface area (Å²) in [4.78, 5) is 18.9. The number of piperidine rings is 1. The first-order valence-corrected chi connectivity index (χ1v) is 7.00. The molecule has 1 aromatic heterocycles. The number of carbonyl (C=O) groups is 1. The summed E-state index contributed by atoms with van der Waals surface area (Å²) in [6.45, 7) is 6.56. The van der Waals surface area contributed by atoms with E-state index in [0.717, 1.165) is 43.0 Å². The van der Waals surface area contributed by atoms with Crippen LogP contribution in [0.4, 0.5) is 0 Å². The second kappa shape index (κ2) is 6.15. The largest absolute Gasteiger partial charge is 0.338 e. The van der Waals surface area contributed by atoms with Crippen molar-refractivity contribution < 1.29 is 4.79 Å². The summed E-state index contributed by atoms with van der Waals surface area (Å²) < 4.78 is 0. The summed E-state index contributed by atoms with van der Waals surface area (Å²) in [6.07, 6.45) is 2.30. The van der Waals surface area contributed by atoms with Crippen molar-refractivity contribution in [3.63, 3.8) is 0 Å². The molecule has 1 aliphatic rings. The van der Waals surface area contributed by atoms with E-state index in [4.69, 9.17) is 0 Å². The van der Waals surface area contributed by atoms with Crippen LogP contribution >= 0.6 is 0 Å². The Morgan fingerprint density at radius 1 is 1.47 bits per heavy atom. The molecule has 0 aromatic carbocycles. The van der Waals surface area contributed by atoms with Crippen LogP contribution in [0.25, 0.3) is 0 Å². The third kappa shape index (κ3) is 3.32. The van der Waals surface area contributed by atoms with Crippen LogP contribution in [0.2, 0.25) is 0 Å². The van der Waals surface area contributed by atoms with Gasteiger partial charge in [-0.3, -0.25) is 9.78 Å². The highest BCUT2D eigenvalue weighted by Gasteiger charge is 2.25. The molecule has 1 aromatic rings. The van der Waals surface area contributed by atoms with Crippen molar-refractivity contribution in [2.24, 2.45) is 5.92 Å². The Morgan fingerprint density at radius 2 is 2.26 bits per heavy atom. The Morgan fingerprint density at radius 3 is 2.95 bits per heavy atom. The van der Waals surface area contributed by atoms with Gasteiger partial charge in [0.15, 0.2) is 0 Å². The lowest BCUT2D eigenvalue weighted by Gasteiger charge is -2.33. The lowest BCUT2D eigenvalue weighted by molar-refractivity contribution is 0.0673. The van der Waals surface area contributed by atoms with E-state index in [2.05, 4.69) is 10.3 Å². The summed E-state index contributed by atoms with van der Waals surface area (Å²) in [6, 6.07) is 3.82. The molecule has 1 amide bonds. The number of nitrogens with one attached hydrogen (secondary N) is 1. The van der Waals surface area contributed by atoms with Crippen molar-refractivity contribution in [3.05, 3.63) is 29.1 Å². The highest BCUT2D eigenvalue weighted by Crippen LogP contribution is 2.19. The molecule has 1 aliphatic heterocycles. The average molecular weight is 261 g/mol. The second-order valence-electron chi connectivity index (χ2n) is 5.40. The maximum atomic E-state index is 12.5. The number of hydrogen-bond donors (Lipinski definition) is 1. The lowest BCUT2D eigenvalue weighted by Crippen LogP contribution is -2.42. The molecule has 0 aliphatic carbocycles. The SMILES string of the molecule is CNCC1CCCN(C(=O)c2ccc(C)nc2C)C1. The number of nitrogens with zero attached hydrogens (tertiary/aromatic N) is 2. The van der Waals surface area contributed by atoms with E-state index in [-0.39, 0.29) is 5.91 Å². The minimum absolute atomic E-state index is 0.130. The normalized spacial score (nSPS) is 19.5. The van der Waals surface area contributed by atoms with Crippen LogP contribution in [-0.4, -0.2) is 42.5 Å². The van der Waals surface area contributed by atoms with Crippen LogP contribution in [0.1, 0.15) is 34.6 Å². The van der Waals surface area contributed by atoms with E-state index < -0.39 is 0 Å². The highest BCUT2D eigenvalue weighted by atomic mass is 16.2. The fourth-order valence-electron chi connectivity index (χ4n) is 2.79. The van der Waals surface area contributed by atoms with Crippen LogP contribution in [0.15, 0.2) is 12.1 Å². The van der Waals surface area contributed by atoms with Gasteiger partial charge in [-0.1, -0.05) is 0 Å². The summed E-state index contributed by atoms with van der Waals surface area (Å²) >= 11 is 0. The lowest BCUT2D eigenvalue weighted by atomic mass is 9.97. The third-order valence-electron chi connectivity index (χ3n) is 3.75. The number of rotatable bonds is 3. The van der Waals surface area contributed by atoms with E-state index >= 15 is 0 Å². The monoisotopic (exact) mass is 261 g/mol. The molecule has 0 radical (unpaired) electrons. The average Bonchev–Trinajstić information content (AvgIpc) is 2.39. The van der Waals surface area contributed by atoms with Crippen molar-refractivity contribution in [1.82, 2.24) is 15.2 Å². The van der Waals surface area contributed by atoms with Crippen LogP contribution in [0.3, 0.4) is 0 Å². The quantitative estimate of drug-likeness (QED) is 0.902. The molecule has 2 heterocycles. The molecule has 19 heavy (non-hydrogen) atoms. The van der Waals surface area contributed by atoms with E-state index in [0.29, 0.717) is 5.92 Å². The second-order valence-corrected chi connectivity index (χ2v) is 5.40. The van der Waals surface area contributed by atoms with Gasteiger partial charge in [-0.2, -0.15) is 0 Å². The zero-order valence-electron chi connectivity index (χ0n) is 12.1. The van der Waals surface area contributed by atoms with Crippen LogP contribution in [-0.2, 0) is 0 Å². The predicted molar refractivity (Wildman–Crippen MR) is 76.3 cm³/mol.